The van der Waals surface area contributed by atoms with Crippen molar-refractivity contribution in [3.05, 3.63) is 108 Å². The van der Waals surface area contributed by atoms with Crippen molar-refractivity contribution in [1.29, 1.82) is 0 Å². The zero-order chi connectivity index (χ0) is 23.3. The third-order valence-electron chi connectivity index (χ3n) is 5.89. The van der Waals surface area contributed by atoms with Gasteiger partial charge in [0.1, 0.15) is 18.3 Å². The number of esters is 1. The van der Waals surface area contributed by atoms with E-state index in [-0.39, 0.29) is 13.2 Å². The molecule has 6 atom stereocenters. The van der Waals surface area contributed by atoms with Crippen molar-refractivity contribution in [3.63, 3.8) is 0 Å². The van der Waals surface area contributed by atoms with Gasteiger partial charge < -0.3 is 28.8 Å². The van der Waals surface area contributed by atoms with Crippen LogP contribution in [0.25, 0.3) is 0 Å². The van der Waals surface area contributed by atoms with Crippen LogP contribution in [0.15, 0.2) is 91.0 Å². The fourth-order valence-corrected chi connectivity index (χ4v) is 4.12. The predicted molar refractivity (Wildman–Crippen MR) is 122 cm³/mol. The van der Waals surface area contributed by atoms with Gasteiger partial charge in [0.2, 0.25) is 0 Å². The Balaban J connectivity index is 1.35. The van der Waals surface area contributed by atoms with E-state index in [9.17, 15) is 9.90 Å². The molecule has 0 aromatic heterocycles. The lowest BCUT2D eigenvalue weighted by Crippen LogP contribution is -2.63. The Morgan fingerprint density at radius 3 is 2.24 bits per heavy atom. The van der Waals surface area contributed by atoms with E-state index in [0.717, 1.165) is 11.1 Å². The predicted octanol–water partition coefficient (Wildman–Crippen LogP) is 3.63. The Bertz CT molecular complexity index is 1060. The molecule has 0 aliphatic carbocycles. The molecule has 2 aliphatic heterocycles. The molecule has 34 heavy (non-hydrogen) atoms. The van der Waals surface area contributed by atoms with Gasteiger partial charge in [-0.05, 0) is 17.7 Å². The van der Waals surface area contributed by atoms with Crippen LogP contribution in [-0.2, 0) is 30.3 Å². The molecule has 7 heteroatoms. The molecule has 176 valence electrons. The maximum atomic E-state index is 12.8. The number of aliphatic hydroxyl groups is 1. The van der Waals surface area contributed by atoms with E-state index >= 15 is 0 Å². The maximum Gasteiger partial charge on any atom is 0.338 e. The molecule has 0 spiro atoms. The van der Waals surface area contributed by atoms with Gasteiger partial charge >= 0.3 is 5.97 Å². The summed E-state index contributed by atoms with van der Waals surface area (Å²) in [6.07, 6.45) is -5.27. The molecular weight excluding hydrogens is 436 g/mol. The van der Waals surface area contributed by atoms with Crippen molar-refractivity contribution in [1.82, 2.24) is 0 Å². The lowest BCUT2D eigenvalue weighted by Gasteiger charge is -2.47. The molecule has 7 nitrogen and oxygen atoms in total. The minimum absolute atomic E-state index is 0.200. The first-order chi connectivity index (χ1) is 16.7. The van der Waals surface area contributed by atoms with Gasteiger partial charge in [0, 0.05) is 5.56 Å². The molecule has 0 saturated carbocycles. The second kappa shape index (κ2) is 10.5. The van der Waals surface area contributed by atoms with E-state index in [1.807, 2.05) is 66.7 Å². The van der Waals surface area contributed by atoms with Gasteiger partial charge in [-0.2, -0.15) is 0 Å². The van der Waals surface area contributed by atoms with Gasteiger partial charge in [-0.15, -0.1) is 0 Å². The first-order valence-electron chi connectivity index (χ1n) is 11.3. The molecule has 5 rings (SSSR count). The lowest BCUT2D eigenvalue weighted by atomic mass is 9.97. The summed E-state index contributed by atoms with van der Waals surface area (Å²) >= 11 is 0. The minimum Gasteiger partial charge on any atom is -0.450 e. The zero-order valence-corrected chi connectivity index (χ0v) is 18.4. The van der Waals surface area contributed by atoms with Crippen LogP contribution in [0.3, 0.4) is 0 Å². The van der Waals surface area contributed by atoms with E-state index in [2.05, 4.69) is 0 Å². The number of hydrogen-bond donors (Lipinski definition) is 1. The second-order valence-electron chi connectivity index (χ2n) is 8.24. The first-order valence-corrected chi connectivity index (χ1v) is 11.3. The molecule has 2 aliphatic rings. The number of benzene rings is 3. The van der Waals surface area contributed by atoms with Crippen LogP contribution in [-0.4, -0.2) is 48.4 Å². The Labute approximate surface area is 197 Å². The second-order valence-corrected chi connectivity index (χ2v) is 8.24. The summed E-state index contributed by atoms with van der Waals surface area (Å²) in [5.74, 6) is -0.577. The van der Waals surface area contributed by atoms with Crippen molar-refractivity contribution in [2.75, 3.05) is 6.61 Å². The third-order valence-corrected chi connectivity index (χ3v) is 5.89. The standard InChI is InChI=1S/C27H26O7/c28-22-23-21(17-31-26(34-23)20-14-8-3-9-15-20)32-27(30-16-18-10-4-1-5-11-18)24(22)33-25(29)19-12-6-2-7-13-19/h1-15,21-24,26-28H,16-17H2/t21-,22+,23-,24-,26?,27+/m1/s1. The normalized spacial score (nSPS) is 28.6. The van der Waals surface area contributed by atoms with Crippen molar-refractivity contribution in [2.24, 2.45) is 0 Å². The molecule has 0 radical (unpaired) electrons. The van der Waals surface area contributed by atoms with E-state index < -0.39 is 43.0 Å². The number of aliphatic hydroxyl groups excluding tert-OH is 1. The number of hydrogen-bond acceptors (Lipinski definition) is 7. The van der Waals surface area contributed by atoms with Crippen LogP contribution in [0, 0.1) is 0 Å². The van der Waals surface area contributed by atoms with E-state index in [4.69, 9.17) is 23.7 Å². The van der Waals surface area contributed by atoms with E-state index in [1.54, 1.807) is 24.3 Å². The van der Waals surface area contributed by atoms with Crippen LogP contribution in [0.2, 0.25) is 0 Å². The van der Waals surface area contributed by atoms with Gasteiger partial charge in [-0.3, -0.25) is 0 Å². The van der Waals surface area contributed by atoms with Gasteiger partial charge in [0.25, 0.3) is 0 Å². The van der Waals surface area contributed by atoms with Crippen molar-refractivity contribution in [2.45, 2.75) is 43.6 Å². The Morgan fingerprint density at radius 1 is 0.882 bits per heavy atom. The first kappa shape index (κ1) is 22.7. The highest BCUT2D eigenvalue weighted by atomic mass is 16.8. The van der Waals surface area contributed by atoms with Gasteiger partial charge in [-0.25, -0.2) is 4.79 Å². The number of fused-ring (bicyclic) bond motifs is 1. The molecule has 3 aromatic rings. The molecule has 1 unspecified atom stereocenters. The molecule has 0 bridgehead atoms. The van der Waals surface area contributed by atoms with Gasteiger partial charge in [-0.1, -0.05) is 78.9 Å². The summed E-state index contributed by atoms with van der Waals surface area (Å²) in [6, 6.07) is 27.6. The molecule has 3 aromatic carbocycles. The van der Waals surface area contributed by atoms with E-state index in [0.29, 0.717) is 5.56 Å². The molecule has 0 amide bonds. The summed E-state index contributed by atoms with van der Waals surface area (Å²) in [5, 5.41) is 11.3. The number of carbonyl (C=O) groups is 1. The highest BCUT2D eigenvalue weighted by Gasteiger charge is 2.51. The molecule has 2 fully saturated rings. The molecule has 1 N–H and O–H groups in total. The van der Waals surface area contributed by atoms with Crippen molar-refractivity contribution < 1.29 is 33.6 Å². The summed E-state index contributed by atoms with van der Waals surface area (Å²) in [7, 11) is 0. The summed E-state index contributed by atoms with van der Waals surface area (Å²) in [6.45, 7) is 0.426. The van der Waals surface area contributed by atoms with Crippen molar-refractivity contribution >= 4 is 5.97 Å². The zero-order valence-electron chi connectivity index (χ0n) is 18.4. The fraction of sp³-hybridized carbons (Fsp3) is 0.296. The fourth-order valence-electron chi connectivity index (χ4n) is 4.12. The largest absolute Gasteiger partial charge is 0.450 e. The average Bonchev–Trinajstić information content (AvgIpc) is 2.90. The van der Waals surface area contributed by atoms with Crippen LogP contribution >= 0.6 is 0 Å². The van der Waals surface area contributed by atoms with Crippen LogP contribution in [0.1, 0.15) is 27.8 Å². The highest BCUT2D eigenvalue weighted by molar-refractivity contribution is 5.89. The van der Waals surface area contributed by atoms with Crippen LogP contribution in [0.5, 0.6) is 0 Å². The maximum absolute atomic E-state index is 12.8. The number of rotatable bonds is 6. The quantitative estimate of drug-likeness (QED) is 0.560. The topological polar surface area (TPSA) is 83.5 Å². The minimum atomic E-state index is -1.18. The SMILES string of the molecule is O=C(O[C@H]1[C@@H](OCc2ccccc2)O[C@@H]2COC(c3ccccc3)O[C@H]2[C@@H]1O)c1ccccc1. The summed E-state index contributed by atoms with van der Waals surface area (Å²) in [5.41, 5.74) is 2.12. The van der Waals surface area contributed by atoms with E-state index in [1.165, 1.54) is 0 Å². The van der Waals surface area contributed by atoms with Crippen molar-refractivity contribution in [3.8, 4) is 0 Å². The average molecular weight is 462 g/mol. The number of carbonyl (C=O) groups excluding carboxylic acids is 1. The van der Waals surface area contributed by atoms with Gasteiger partial charge in [0.15, 0.2) is 18.7 Å². The Kier molecular flexibility index (Phi) is 6.99. The van der Waals surface area contributed by atoms with Gasteiger partial charge in [0.05, 0.1) is 18.8 Å². The molecular formula is C27H26O7. The van der Waals surface area contributed by atoms with Crippen LogP contribution < -0.4 is 0 Å². The van der Waals surface area contributed by atoms with Crippen LogP contribution in [0.4, 0.5) is 0 Å². The molecule has 2 heterocycles. The monoisotopic (exact) mass is 462 g/mol. The Hall–Kier alpha value is -3.07. The lowest BCUT2D eigenvalue weighted by molar-refractivity contribution is -0.362. The smallest absolute Gasteiger partial charge is 0.338 e. The molecule has 2 saturated heterocycles. The number of ether oxygens (including phenoxy) is 5. The summed E-state index contributed by atoms with van der Waals surface area (Å²) < 4.78 is 29.7. The summed E-state index contributed by atoms with van der Waals surface area (Å²) in [4.78, 5) is 12.8. The third kappa shape index (κ3) is 5.04. The Morgan fingerprint density at radius 2 is 1.53 bits per heavy atom. The highest BCUT2D eigenvalue weighted by Crippen LogP contribution is 2.35.